The molecule has 0 heterocycles. The summed E-state index contributed by atoms with van der Waals surface area (Å²) < 4.78 is 66.6. The summed E-state index contributed by atoms with van der Waals surface area (Å²) in [7, 11) is -3.99. The number of amides is 2. The van der Waals surface area contributed by atoms with Gasteiger partial charge in [0, 0.05) is 32.0 Å². The van der Waals surface area contributed by atoms with Crippen molar-refractivity contribution >= 4 is 21.8 Å². The van der Waals surface area contributed by atoms with E-state index in [2.05, 4.69) is 20.1 Å². The number of alkyl halides is 3. The average molecular weight is 465 g/mol. The molecule has 1 fully saturated rings. The molecule has 2 rings (SSSR count). The smallest absolute Gasteiger partial charge is 0.406 e. The van der Waals surface area contributed by atoms with Gasteiger partial charge in [-0.05, 0) is 37.1 Å². The first-order valence-electron chi connectivity index (χ1n) is 9.97. The van der Waals surface area contributed by atoms with E-state index < -0.39 is 28.0 Å². The quantitative estimate of drug-likeness (QED) is 0.458. The van der Waals surface area contributed by atoms with Crippen molar-refractivity contribution in [3.05, 3.63) is 24.3 Å². The second kappa shape index (κ2) is 11.3. The van der Waals surface area contributed by atoms with Gasteiger partial charge in [0.25, 0.3) is 0 Å². The van der Waals surface area contributed by atoms with Gasteiger partial charge in [-0.25, -0.2) is 13.1 Å². The van der Waals surface area contributed by atoms with E-state index in [1.165, 1.54) is 0 Å². The SMILES string of the molecule is O=C(CCNS(=O)(=O)c1ccc(OC(F)(F)F)cc1)NCCNC(=O)C1CCCCC1. The minimum atomic E-state index is -4.87. The number of nitrogens with one attached hydrogen (secondary N) is 3. The Bertz CT molecular complexity index is 838. The van der Waals surface area contributed by atoms with E-state index in [9.17, 15) is 31.2 Å². The Hall–Kier alpha value is -2.34. The number of ether oxygens (including phenoxy) is 1. The molecule has 1 saturated carbocycles. The van der Waals surface area contributed by atoms with Gasteiger partial charge in [0.15, 0.2) is 0 Å². The summed E-state index contributed by atoms with van der Waals surface area (Å²) in [6.45, 7) is 0.327. The lowest BCUT2D eigenvalue weighted by Gasteiger charge is -2.20. The zero-order chi connectivity index (χ0) is 22.9. The van der Waals surface area contributed by atoms with E-state index in [1.54, 1.807) is 0 Å². The fourth-order valence-electron chi connectivity index (χ4n) is 3.19. The molecule has 31 heavy (non-hydrogen) atoms. The summed E-state index contributed by atoms with van der Waals surface area (Å²) in [5.41, 5.74) is 0. The highest BCUT2D eigenvalue weighted by atomic mass is 32.2. The Morgan fingerprint density at radius 3 is 2.19 bits per heavy atom. The molecule has 1 aromatic rings. The van der Waals surface area contributed by atoms with Crippen LogP contribution in [-0.2, 0) is 19.6 Å². The predicted octanol–water partition coefficient (Wildman–Crippen LogP) is 2.07. The fraction of sp³-hybridized carbons (Fsp3) is 0.579. The molecule has 1 aliphatic carbocycles. The molecule has 3 N–H and O–H groups in total. The van der Waals surface area contributed by atoms with Crippen LogP contribution < -0.4 is 20.1 Å². The van der Waals surface area contributed by atoms with Gasteiger partial charge in [-0.1, -0.05) is 19.3 Å². The molecule has 2 amide bonds. The molecule has 0 unspecified atom stereocenters. The molecule has 0 aromatic heterocycles. The molecule has 1 aromatic carbocycles. The maximum atomic E-state index is 12.1. The standard InChI is InChI=1S/C19H26F3N3O5S/c20-19(21,22)30-15-6-8-16(9-7-15)31(28,29)25-11-10-17(26)23-12-13-24-18(27)14-4-2-1-3-5-14/h6-9,14,25H,1-5,10-13H2,(H,23,26)(H,24,27). The molecule has 1 aliphatic rings. The van der Waals surface area contributed by atoms with Crippen molar-refractivity contribution < 1.29 is 35.9 Å². The normalized spacial score (nSPS) is 15.3. The van der Waals surface area contributed by atoms with Crippen LogP contribution in [0.1, 0.15) is 38.5 Å². The van der Waals surface area contributed by atoms with Crippen LogP contribution in [0, 0.1) is 5.92 Å². The van der Waals surface area contributed by atoms with Crippen LogP contribution >= 0.6 is 0 Å². The highest BCUT2D eigenvalue weighted by Gasteiger charge is 2.31. The van der Waals surface area contributed by atoms with Gasteiger partial charge in [-0.3, -0.25) is 9.59 Å². The summed E-state index contributed by atoms with van der Waals surface area (Å²) in [6, 6.07) is 3.71. The second-order valence-electron chi connectivity index (χ2n) is 7.14. The first kappa shape index (κ1) is 24.9. The summed E-state index contributed by atoms with van der Waals surface area (Å²) in [6.07, 6.45) is 0.0242. The van der Waals surface area contributed by atoms with Gasteiger partial charge in [0.2, 0.25) is 21.8 Å². The second-order valence-corrected chi connectivity index (χ2v) is 8.91. The Balaban J connectivity index is 1.65. The number of hydrogen-bond acceptors (Lipinski definition) is 5. The van der Waals surface area contributed by atoms with E-state index in [4.69, 9.17) is 0 Å². The lowest BCUT2D eigenvalue weighted by molar-refractivity contribution is -0.274. The van der Waals surface area contributed by atoms with Gasteiger partial charge in [-0.15, -0.1) is 13.2 Å². The van der Waals surface area contributed by atoms with Crippen LogP contribution in [0.25, 0.3) is 0 Å². The Kier molecular flexibility index (Phi) is 9.11. The van der Waals surface area contributed by atoms with Crippen LogP contribution in [0.5, 0.6) is 5.75 Å². The van der Waals surface area contributed by atoms with Crippen LogP contribution in [0.4, 0.5) is 13.2 Å². The summed E-state index contributed by atoms with van der Waals surface area (Å²) >= 11 is 0. The van der Waals surface area contributed by atoms with Gasteiger partial charge in [0.1, 0.15) is 5.75 Å². The first-order chi connectivity index (χ1) is 14.6. The Labute approximate surface area is 179 Å². The van der Waals surface area contributed by atoms with E-state index in [1.807, 2.05) is 0 Å². The molecule has 174 valence electrons. The van der Waals surface area contributed by atoms with Gasteiger partial charge in [-0.2, -0.15) is 0 Å². The molecule has 0 bridgehead atoms. The molecule has 0 saturated heterocycles. The van der Waals surface area contributed by atoms with Crippen LogP contribution in [0.15, 0.2) is 29.2 Å². The van der Waals surface area contributed by atoms with E-state index in [0.717, 1.165) is 56.4 Å². The summed E-state index contributed by atoms with van der Waals surface area (Å²) in [4.78, 5) is 23.5. The maximum Gasteiger partial charge on any atom is 0.573 e. The third-order valence-electron chi connectivity index (χ3n) is 4.73. The van der Waals surface area contributed by atoms with Crippen molar-refractivity contribution in [1.29, 1.82) is 0 Å². The highest BCUT2D eigenvalue weighted by molar-refractivity contribution is 7.89. The number of benzene rings is 1. The minimum Gasteiger partial charge on any atom is -0.406 e. The molecule has 0 atom stereocenters. The van der Waals surface area contributed by atoms with Gasteiger partial charge >= 0.3 is 6.36 Å². The van der Waals surface area contributed by atoms with Gasteiger partial charge in [0.05, 0.1) is 4.90 Å². The Morgan fingerprint density at radius 2 is 1.58 bits per heavy atom. The van der Waals surface area contributed by atoms with Crippen molar-refractivity contribution in [2.45, 2.75) is 49.8 Å². The van der Waals surface area contributed by atoms with Crippen molar-refractivity contribution in [3.63, 3.8) is 0 Å². The number of carbonyl (C=O) groups is 2. The topological polar surface area (TPSA) is 114 Å². The minimum absolute atomic E-state index is 0.00615. The van der Waals surface area contributed by atoms with Gasteiger partial charge < -0.3 is 15.4 Å². The number of carbonyl (C=O) groups excluding carboxylic acids is 2. The predicted molar refractivity (Wildman–Crippen MR) is 106 cm³/mol. The van der Waals surface area contributed by atoms with Crippen LogP contribution in [0.2, 0.25) is 0 Å². The molecular weight excluding hydrogens is 439 g/mol. The van der Waals surface area contributed by atoms with Crippen LogP contribution in [0.3, 0.4) is 0 Å². The van der Waals surface area contributed by atoms with Crippen LogP contribution in [-0.4, -0.2) is 46.2 Å². The van der Waals surface area contributed by atoms with Crippen molar-refractivity contribution in [2.75, 3.05) is 19.6 Å². The van der Waals surface area contributed by atoms with E-state index in [0.29, 0.717) is 6.54 Å². The van der Waals surface area contributed by atoms with E-state index in [-0.39, 0.29) is 36.2 Å². The number of halogens is 3. The van der Waals surface area contributed by atoms with Crippen molar-refractivity contribution in [2.24, 2.45) is 5.92 Å². The zero-order valence-corrected chi connectivity index (χ0v) is 17.7. The molecule has 0 radical (unpaired) electrons. The molecular formula is C19H26F3N3O5S. The highest BCUT2D eigenvalue weighted by Crippen LogP contribution is 2.24. The summed E-state index contributed by atoms with van der Waals surface area (Å²) in [5.74, 6) is -0.911. The fourth-order valence-corrected chi connectivity index (χ4v) is 4.22. The monoisotopic (exact) mass is 465 g/mol. The van der Waals surface area contributed by atoms with Crippen molar-refractivity contribution in [3.8, 4) is 5.75 Å². The van der Waals surface area contributed by atoms with Crippen molar-refractivity contribution in [1.82, 2.24) is 15.4 Å². The zero-order valence-electron chi connectivity index (χ0n) is 16.8. The molecule has 12 heteroatoms. The lowest BCUT2D eigenvalue weighted by atomic mass is 9.89. The summed E-state index contributed by atoms with van der Waals surface area (Å²) in [5, 5.41) is 5.37. The number of hydrogen-bond donors (Lipinski definition) is 3. The number of rotatable bonds is 10. The molecule has 0 spiro atoms. The average Bonchev–Trinajstić information content (AvgIpc) is 2.71. The maximum absolute atomic E-state index is 12.1. The molecule has 0 aliphatic heterocycles. The first-order valence-corrected chi connectivity index (χ1v) is 11.4. The third kappa shape index (κ3) is 9.13. The largest absolute Gasteiger partial charge is 0.573 e. The lowest BCUT2D eigenvalue weighted by Crippen LogP contribution is -2.38. The third-order valence-corrected chi connectivity index (χ3v) is 6.21. The Morgan fingerprint density at radius 1 is 0.968 bits per heavy atom. The number of sulfonamides is 1. The molecule has 8 nitrogen and oxygen atoms in total. The van der Waals surface area contributed by atoms with E-state index >= 15 is 0 Å².